The van der Waals surface area contributed by atoms with Gasteiger partial charge < -0.3 is 5.11 Å². The van der Waals surface area contributed by atoms with Crippen molar-refractivity contribution >= 4 is 17.3 Å². The standard InChI is InChI=1S/C11H12F2O2S/c12-11(13,6-10(14)15)9-5-7-3-1-2-4-8(7)16-9/h5H,1-4,6H2,(H,14,15). The first-order valence-electron chi connectivity index (χ1n) is 5.21. The van der Waals surface area contributed by atoms with Crippen molar-refractivity contribution in [2.75, 3.05) is 0 Å². The molecule has 0 radical (unpaired) electrons. The predicted octanol–water partition coefficient (Wildman–Crippen LogP) is 3.19. The van der Waals surface area contributed by atoms with Gasteiger partial charge in [-0.15, -0.1) is 11.3 Å². The number of rotatable bonds is 3. The highest BCUT2D eigenvalue weighted by Crippen LogP contribution is 2.40. The highest BCUT2D eigenvalue weighted by atomic mass is 32.1. The molecule has 88 valence electrons. The predicted molar refractivity (Wildman–Crippen MR) is 57.1 cm³/mol. The van der Waals surface area contributed by atoms with Crippen LogP contribution in [0.4, 0.5) is 8.78 Å². The molecule has 1 heterocycles. The Kier molecular flexibility index (Phi) is 2.97. The van der Waals surface area contributed by atoms with E-state index in [2.05, 4.69) is 0 Å². The number of thiophene rings is 1. The van der Waals surface area contributed by atoms with E-state index in [1.807, 2.05) is 0 Å². The summed E-state index contributed by atoms with van der Waals surface area (Å²) < 4.78 is 27.0. The van der Waals surface area contributed by atoms with Crippen LogP contribution in [-0.4, -0.2) is 11.1 Å². The van der Waals surface area contributed by atoms with Gasteiger partial charge in [-0.05, 0) is 37.3 Å². The summed E-state index contributed by atoms with van der Waals surface area (Å²) in [5.74, 6) is -4.69. The number of carbonyl (C=O) groups is 1. The van der Waals surface area contributed by atoms with Gasteiger partial charge in [0.15, 0.2) is 0 Å². The van der Waals surface area contributed by atoms with Gasteiger partial charge in [-0.25, -0.2) is 0 Å². The third kappa shape index (κ3) is 2.24. The first kappa shape index (κ1) is 11.5. The minimum atomic E-state index is -3.23. The molecule has 0 unspecified atom stereocenters. The number of hydrogen-bond donors (Lipinski definition) is 1. The second kappa shape index (κ2) is 4.13. The maximum Gasteiger partial charge on any atom is 0.309 e. The van der Waals surface area contributed by atoms with E-state index in [1.54, 1.807) is 0 Å². The number of aliphatic carboxylic acids is 1. The summed E-state index contributed by atoms with van der Waals surface area (Å²) in [5.41, 5.74) is 0.983. The van der Waals surface area contributed by atoms with E-state index < -0.39 is 18.3 Å². The number of fused-ring (bicyclic) bond motifs is 1. The number of halogens is 2. The Morgan fingerprint density at radius 3 is 2.75 bits per heavy atom. The van der Waals surface area contributed by atoms with Gasteiger partial charge in [0.05, 0.1) is 4.88 Å². The zero-order valence-corrected chi connectivity index (χ0v) is 9.45. The second-order valence-corrected chi connectivity index (χ2v) is 5.18. The van der Waals surface area contributed by atoms with Crippen LogP contribution in [0, 0.1) is 0 Å². The number of aryl methyl sites for hydroxylation is 2. The van der Waals surface area contributed by atoms with Crippen LogP contribution in [0.5, 0.6) is 0 Å². The molecule has 0 amide bonds. The van der Waals surface area contributed by atoms with E-state index in [1.165, 1.54) is 6.07 Å². The van der Waals surface area contributed by atoms with Crippen molar-refractivity contribution in [2.24, 2.45) is 0 Å². The van der Waals surface area contributed by atoms with E-state index >= 15 is 0 Å². The fraction of sp³-hybridized carbons (Fsp3) is 0.545. The molecule has 2 nitrogen and oxygen atoms in total. The van der Waals surface area contributed by atoms with Crippen LogP contribution in [0.3, 0.4) is 0 Å². The summed E-state index contributed by atoms with van der Waals surface area (Å²) in [5, 5.41) is 8.44. The molecule has 5 heteroatoms. The zero-order chi connectivity index (χ0) is 11.8. The van der Waals surface area contributed by atoms with Crippen molar-refractivity contribution in [2.45, 2.75) is 38.0 Å². The maximum absolute atomic E-state index is 13.5. The Morgan fingerprint density at radius 1 is 1.44 bits per heavy atom. The van der Waals surface area contributed by atoms with Gasteiger partial charge in [0.1, 0.15) is 6.42 Å². The Labute approximate surface area is 95.9 Å². The average molecular weight is 246 g/mol. The SMILES string of the molecule is O=C(O)CC(F)(F)c1cc2c(s1)CCCC2. The van der Waals surface area contributed by atoms with Crippen LogP contribution in [0.1, 0.15) is 34.6 Å². The summed E-state index contributed by atoms with van der Waals surface area (Å²) >= 11 is 1.07. The lowest BCUT2D eigenvalue weighted by Gasteiger charge is -2.10. The molecule has 1 aliphatic rings. The van der Waals surface area contributed by atoms with Crippen molar-refractivity contribution in [3.8, 4) is 0 Å². The van der Waals surface area contributed by atoms with Gasteiger partial charge in [-0.3, -0.25) is 4.79 Å². The summed E-state index contributed by atoms with van der Waals surface area (Å²) in [6, 6.07) is 1.49. The first-order valence-corrected chi connectivity index (χ1v) is 6.02. The Hall–Kier alpha value is -0.970. The smallest absolute Gasteiger partial charge is 0.309 e. The average Bonchev–Trinajstić information content (AvgIpc) is 2.59. The molecular formula is C11H12F2O2S. The van der Waals surface area contributed by atoms with Crippen LogP contribution in [-0.2, 0) is 23.6 Å². The Balaban J connectivity index is 2.26. The van der Waals surface area contributed by atoms with E-state index in [0.29, 0.717) is 0 Å². The summed E-state index contributed by atoms with van der Waals surface area (Å²) in [4.78, 5) is 11.3. The topological polar surface area (TPSA) is 37.3 Å². The Bertz CT molecular complexity index is 389. The Morgan fingerprint density at radius 2 is 2.12 bits per heavy atom. The van der Waals surface area contributed by atoms with Crippen LogP contribution in [0.2, 0.25) is 0 Å². The second-order valence-electron chi connectivity index (χ2n) is 4.04. The van der Waals surface area contributed by atoms with E-state index in [4.69, 9.17) is 5.11 Å². The molecule has 1 aliphatic carbocycles. The first-order chi connectivity index (χ1) is 7.49. The molecule has 0 saturated carbocycles. The quantitative estimate of drug-likeness (QED) is 0.889. The zero-order valence-electron chi connectivity index (χ0n) is 8.63. The summed E-state index contributed by atoms with van der Waals surface area (Å²) in [6.45, 7) is 0. The highest BCUT2D eigenvalue weighted by molar-refractivity contribution is 7.12. The number of carboxylic acid groups (broad SMARTS) is 1. The van der Waals surface area contributed by atoms with E-state index in [9.17, 15) is 13.6 Å². The molecule has 1 aromatic heterocycles. The number of carboxylic acids is 1. The van der Waals surface area contributed by atoms with Crippen LogP contribution in [0.15, 0.2) is 6.07 Å². The molecular weight excluding hydrogens is 234 g/mol. The normalized spacial score (nSPS) is 15.9. The maximum atomic E-state index is 13.5. The minimum absolute atomic E-state index is 0.0956. The van der Waals surface area contributed by atoms with Crippen molar-refractivity contribution in [1.29, 1.82) is 0 Å². The van der Waals surface area contributed by atoms with Gasteiger partial charge >= 0.3 is 5.97 Å². The fourth-order valence-electron chi connectivity index (χ4n) is 1.95. The van der Waals surface area contributed by atoms with Gasteiger partial charge in [-0.1, -0.05) is 0 Å². The minimum Gasteiger partial charge on any atom is -0.481 e. The molecule has 0 saturated heterocycles. The lowest BCUT2D eigenvalue weighted by molar-refractivity contribution is -0.145. The van der Waals surface area contributed by atoms with E-state index in [-0.39, 0.29) is 4.88 Å². The third-order valence-electron chi connectivity index (χ3n) is 2.73. The summed E-state index contributed by atoms with van der Waals surface area (Å²) in [7, 11) is 0. The molecule has 0 bridgehead atoms. The molecule has 0 aromatic carbocycles. The molecule has 16 heavy (non-hydrogen) atoms. The largest absolute Gasteiger partial charge is 0.481 e. The lowest BCUT2D eigenvalue weighted by Crippen LogP contribution is -2.16. The number of alkyl halides is 2. The summed E-state index contributed by atoms with van der Waals surface area (Å²) in [6.07, 6.45) is 2.65. The van der Waals surface area contributed by atoms with Gasteiger partial charge in [0.2, 0.25) is 0 Å². The van der Waals surface area contributed by atoms with Crippen LogP contribution < -0.4 is 0 Å². The van der Waals surface area contributed by atoms with Gasteiger partial charge in [-0.2, -0.15) is 8.78 Å². The van der Waals surface area contributed by atoms with Crippen molar-refractivity contribution in [1.82, 2.24) is 0 Å². The van der Waals surface area contributed by atoms with Gasteiger partial charge in [0.25, 0.3) is 5.92 Å². The fourth-order valence-corrected chi connectivity index (χ4v) is 3.17. The lowest BCUT2D eigenvalue weighted by atomic mass is 9.99. The monoisotopic (exact) mass is 246 g/mol. The van der Waals surface area contributed by atoms with Crippen LogP contribution in [0.25, 0.3) is 0 Å². The molecule has 0 fully saturated rings. The van der Waals surface area contributed by atoms with Crippen LogP contribution >= 0.6 is 11.3 Å². The molecule has 1 aromatic rings. The molecule has 1 N–H and O–H groups in total. The molecule has 2 rings (SSSR count). The molecule has 0 aliphatic heterocycles. The van der Waals surface area contributed by atoms with Crippen molar-refractivity contribution in [3.05, 3.63) is 21.4 Å². The van der Waals surface area contributed by atoms with E-state index in [0.717, 1.165) is 47.5 Å². The van der Waals surface area contributed by atoms with Crippen molar-refractivity contribution < 1.29 is 18.7 Å². The van der Waals surface area contributed by atoms with Gasteiger partial charge in [0, 0.05) is 4.88 Å². The number of hydrogen-bond acceptors (Lipinski definition) is 2. The molecule has 0 spiro atoms. The molecule has 0 atom stereocenters. The van der Waals surface area contributed by atoms with Crippen molar-refractivity contribution in [3.63, 3.8) is 0 Å². The third-order valence-corrected chi connectivity index (χ3v) is 4.08. The highest BCUT2D eigenvalue weighted by Gasteiger charge is 2.37.